The molecule has 1 heterocycles. The number of carboxylic acids is 1. The van der Waals surface area contributed by atoms with E-state index >= 15 is 0 Å². The van der Waals surface area contributed by atoms with Gasteiger partial charge in [-0.05, 0) is 48.2 Å². The number of aliphatic carboxylic acids is 1. The number of halogens is 2. The van der Waals surface area contributed by atoms with E-state index < -0.39 is 12.0 Å². The minimum atomic E-state index is -0.823. The molecule has 0 saturated carbocycles. The molecule has 1 N–H and O–H groups in total. The van der Waals surface area contributed by atoms with Crippen LogP contribution in [-0.4, -0.2) is 28.6 Å². The zero-order valence-electron chi connectivity index (χ0n) is 12.5. The fraction of sp³-hybridized carbons (Fsp3) is 0.278. The average molecular weight is 334 g/mol. The molecular weight excluding hydrogens is 317 g/mol. The Labute approximate surface area is 139 Å². The third-order valence-corrected chi connectivity index (χ3v) is 4.50. The van der Waals surface area contributed by atoms with E-state index in [1.807, 2.05) is 23.1 Å². The van der Waals surface area contributed by atoms with Crippen molar-refractivity contribution in [1.29, 1.82) is 0 Å². The molecular formula is C18H17ClFNO2. The quantitative estimate of drug-likeness (QED) is 0.915. The van der Waals surface area contributed by atoms with Gasteiger partial charge in [-0.15, -0.1) is 0 Å². The molecule has 120 valence electrons. The first-order valence-electron chi connectivity index (χ1n) is 7.56. The summed E-state index contributed by atoms with van der Waals surface area (Å²) in [5.74, 6) is -1.13. The third-order valence-electron chi connectivity index (χ3n) is 4.26. The number of carboxylic acid groups (broad SMARTS) is 1. The van der Waals surface area contributed by atoms with E-state index in [4.69, 9.17) is 11.6 Å². The third kappa shape index (κ3) is 3.38. The molecule has 0 bridgehead atoms. The second-order valence-electron chi connectivity index (χ2n) is 5.74. The summed E-state index contributed by atoms with van der Waals surface area (Å²) in [6, 6.07) is 12.8. The van der Waals surface area contributed by atoms with Gasteiger partial charge in [0.05, 0.1) is 6.04 Å². The van der Waals surface area contributed by atoms with Crippen molar-refractivity contribution < 1.29 is 14.3 Å². The van der Waals surface area contributed by atoms with Crippen molar-refractivity contribution >= 4 is 17.6 Å². The Morgan fingerprint density at radius 2 is 1.96 bits per heavy atom. The number of nitrogens with zero attached hydrogens (tertiary/aromatic N) is 1. The van der Waals surface area contributed by atoms with E-state index in [1.54, 1.807) is 18.2 Å². The first-order valence-corrected chi connectivity index (χ1v) is 7.93. The van der Waals surface area contributed by atoms with Crippen molar-refractivity contribution in [2.24, 2.45) is 0 Å². The number of likely N-dealkylation sites (tertiary alicyclic amines) is 1. The monoisotopic (exact) mass is 333 g/mol. The van der Waals surface area contributed by atoms with Crippen LogP contribution in [0.4, 0.5) is 4.39 Å². The smallest absolute Gasteiger partial charge is 0.320 e. The summed E-state index contributed by atoms with van der Waals surface area (Å²) in [5.41, 5.74) is 1.78. The molecule has 0 radical (unpaired) electrons. The lowest BCUT2D eigenvalue weighted by atomic mass is 9.96. The number of hydrogen-bond donors (Lipinski definition) is 1. The van der Waals surface area contributed by atoms with Gasteiger partial charge in [0.1, 0.15) is 11.9 Å². The number of rotatable bonds is 4. The van der Waals surface area contributed by atoms with Crippen LogP contribution in [0, 0.1) is 5.82 Å². The van der Waals surface area contributed by atoms with Crippen molar-refractivity contribution in [2.75, 3.05) is 6.54 Å². The van der Waals surface area contributed by atoms with Gasteiger partial charge >= 0.3 is 5.97 Å². The van der Waals surface area contributed by atoms with E-state index in [1.165, 1.54) is 12.1 Å². The summed E-state index contributed by atoms with van der Waals surface area (Å²) < 4.78 is 13.3. The lowest BCUT2D eigenvalue weighted by molar-refractivity contribution is -0.142. The molecule has 1 saturated heterocycles. The van der Waals surface area contributed by atoms with E-state index in [-0.39, 0.29) is 11.9 Å². The van der Waals surface area contributed by atoms with Crippen molar-refractivity contribution in [3.05, 3.63) is 70.5 Å². The molecule has 1 aliphatic rings. The van der Waals surface area contributed by atoms with E-state index in [2.05, 4.69) is 0 Å². The van der Waals surface area contributed by atoms with Crippen LogP contribution in [0.3, 0.4) is 0 Å². The molecule has 0 amide bonds. The summed E-state index contributed by atoms with van der Waals surface area (Å²) in [4.78, 5) is 13.5. The topological polar surface area (TPSA) is 40.5 Å². The van der Waals surface area contributed by atoms with Gasteiger partial charge in [-0.2, -0.15) is 0 Å². The average Bonchev–Trinajstić information content (AvgIpc) is 2.99. The molecule has 3 nitrogen and oxygen atoms in total. The van der Waals surface area contributed by atoms with Gasteiger partial charge in [-0.3, -0.25) is 9.69 Å². The van der Waals surface area contributed by atoms with E-state index in [0.29, 0.717) is 18.0 Å². The van der Waals surface area contributed by atoms with Crippen LogP contribution < -0.4 is 0 Å². The molecule has 0 aliphatic carbocycles. The lowest BCUT2D eigenvalue weighted by Crippen LogP contribution is -2.39. The van der Waals surface area contributed by atoms with Crippen LogP contribution in [0.2, 0.25) is 5.02 Å². The number of carbonyl (C=O) groups is 1. The summed E-state index contributed by atoms with van der Waals surface area (Å²) in [6.45, 7) is 0.686. The molecule has 0 spiro atoms. The summed E-state index contributed by atoms with van der Waals surface area (Å²) >= 11 is 6.11. The summed E-state index contributed by atoms with van der Waals surface area (Å²) in [5, 5.41) is 10.1. The second-order valence-corrected chi connectivity index (χ2v) is 6.18. The molecule has 2 aromatic carbocycles. The Bertz CT molecular complexity index is 704. The Balaban J connectivity index is 2.06. The SMILES string of the molecule is O=C(O)C1CCCN1C(c1ccc(F)cc1)c1cccc(Cl)c1. The van der Waals surface area contributed by atoms with Gasteiger partial charge in [-0.25, -0.2) is 4.39 Å². The van der Waals surface area contributed by atoms with Gasteiger partial charge in [0.15, 0.2) is 0 Å². The van der Waals surface area contributed by atoms with Crippen LogP contribution in [0.25, 0.3) is 0 Å². The van der Waals surface area contributed by atoms with Crippen LogP contribution in [0.5, 0.6) is 0 Å². The number of benzene rings is 2. The highest BCUT2D eigenvalue weighted by atomic mass is 35.5. The fourth-order valence-electron chi connectivity index (χ4n) is 3.26. The standard InChI is InChI=1S/C18H17ClFNO2/c19-14-4-1-3-13(11-14)17(12-6-8-15(20)9-7-12)21-10-2-5-16(21)18(22)23/h1,3-4,6-9,11,16-17H,2,5,10H2,(H,22,23). The molecule has 23 heavy (non-hydrogen) atoms. The van der Waals surface area contributed by atoms with Gasteiger partial charge in [-0.1, -0.05) is 35.9 Å². The molecule has 1 aliphatic heterocycles. The predicted molar refractivity (Wildman–Crippen MR) is 87.1 cm³/mol. The minimum Gasteiger partial charge on any atom is -0.480 e. The molecule has 0 aromatic heterocycles. The maximum atomic E-state index is 13.3. The summed E-state index contributed by atoms with van der Waals surface area (Å²) in [6.07, 6.45) is 1.45. The molecule has 2 atom stereocenters. The summed E-state index contributed by atoms with van der Waals surface area (Å²) in [7, 11) is 0. The van der Waals surface area contributed by atoms with Crippen LogP contribution in [-0.2, 0) is 4.79 Å². The highest BCUT2D eigenvalue weighted by molar-refractivity contribution is 6.30. The Hall–Kier alpha value is -1.91. The molecule has 2 unspecified atom stereocenters. The van der Waals surface area contributed by atoms with Gasteiger partial charge in [0.2, 0.25) is 0 Å². The van der Waals surface area contributed by atoms with Gasteiger partial charge in [0.25, 0.3) is 0 Å². The minimum absolute atomic E-state index is 0.252. The number of hydrogen-bond acceptors (Lipinski definition) is 2. The molecule has 5 heteroatoms. The van der Waals surface area contributed by atoms with Crippen molar-refractivity contribution in [3.8, 4) is 0 Å². The Kier molecular flexibility index (Phi) is 4.64. The highest BCUT2D eigenvalue weighted by Crippen LogP contribution is 2.35. The highest BCUT2D eigenvalue weighted by Gasteiger charge is 2.36. The normalized spacial score (nSPS) is 19.7. The Morgan fingerprint density at radius 3 is 2.61 bits per heavy atom. The van der Waals surface area contributed by atoms with Crippen molar-refractivity contribution in [2.45, 2.75) is 24.9 Å². The van der Waals surface area contributed by atoms with E-state index in [9.17, 15) is 14.3 Å². The van der Waals surface area contributed by atoms with Crippen LogP contribution >= 0.6 is 11.6 Å². The van der Waals surface area contributed by atoms with Crippen molar-refractivity contribution in [1.82, 2.24) is 4.90 Å². The first-order chi connectivity index (χ1) is 11.1. The zero-order valence-corrected chi connectivity index (χ0v) is 13.2. The molecule has 1 fully saturated rings. The maximum Gasteiger partial charge on any atom is 0.320 e. The van der Waals surface area contributed by atoms with Gasteiger partial charge < -0.3 is 5.11 Å². The second kappa shape index (κ2) is 6.69. The zero-order chi connectivity index (χ0) is 16.4. The largest absolute Gasteiger partial charge is 0.480 e. The van der Waals surface area contributed by atoms with E-state index in [0.717, 1.165) is 17.5 Å². The first kappa shape index (κ1) is 16.0. The van der Waals surface area contributed by atoms with Crippen LogP contribution in [0.1, 0.15) is 30.0 Å². The maximum absolute atomic E-state index is 13.3. The predicted octanol–water partition coefficient (Wildman–Crippen LogP) is 4.12. The Morgan fingerprint density at radius 1 is 1.22 bits per heavy atom. The van der Waals surface area contributed by atoms with Crippen LogP contribution in [0.15, 0.2) is 48.5 Å². The molecule has 3 rings (SSSR count). The van der Waals surface area contributed by atoms with Crippen molar-refractivity contribution in [3.63, 3.8) is 0 Å². The molecule has 2 aromatic rings. The lowest BCUT2D eigenvalue weighted by Gasteiger charge is -2.32. The fourth-order valence-corrected chi connectivity index (χ4v) is 3.46. The van der Waals surface area contributed by atoms with Gasteiger partial charge in [0, 0.05) is 11.6 Å².